The standard InChI is InChI=1S/C13H10O.C6H6.2CH4N4/c14-13(11-7-3-1-4-8-11)12-9-5-2-6-10-12;1-2-4-6-5-3-1;2*2-4-1-5-3/h1-10H;1-6H;2*1-2H,3H2. The maximum atomic E-state index is 11.8. The molecule has 0 unspecified atom stereocenters. The van der Waals surface area contributed by atoms with E-state index in [1.807, 2.05) is 97.1 Å². The molecule has 0 aliphatic carbocycles. The highest BCUT2D eigenvalue weighted by atomic mass is 16.1. The molecular weight excluding hydrogens is 380 g/mol. The van der Waals surface area contributed by atoms with Crippen molar-refractivity contribution >= 4 is 18.5 Å². The van der Waals surface area contributed by atoms with Crippen LogP contribution in [0.15, 0.2) is 117 Å². The molecular formula is C21H24N8O. The Labute approximate surface area is 175 Å². The first-order valence-corrected chi connectivity index (χ1v) is 8.52. The lowest BCUT2D eigenvalue weighted by Crippen LogP contribution is -1.99. The Balaban J connectivity index is 0.000000437. The minimum atomic E-state index is 0.0752. The second-order valence-corrected chi connectivity index (χ2v) is 5.00. The predicted molar refractivity (Wildman–Crippen MR) is 118 cm³/mol. The summed E-state index contributed by atoms with van der Waals surface area (Å²) in [4.78, 5) is 11.8. The van der Waals surface area contributed by atoms with Gasteiger partial charge >= 0.3 is 0 Å². The molecule has 0 saturated carbocycles. The molecule has 0 aliphatic heterocycles. The molecule has 0 aliphatic rings. The zero-order chi connectivity index (χ0) is 22.3. The molecule has 0 aromatic heterocycles. The summed E-state index contributed by atoms with van der Waals surface area (Å²) >= 11 is 0. The molecule has 6 N–H and O–H groups in total. The number of nitrogens with zero attached hydrogens (tertiary/aromatic N) is 4. The first-order chi connectivity index (χ1) is 14.7. The van der Waals surface area contributed by atoms with Crippen molar-refractivity contribution in [2.24, 2.45) is 32.1 Å². The summed E-state index contributed by atoms with van der Waals surface area (Å²) in [6.07, 6.45) is 1.89. The normalized spacial score (nSPS) is 9.07. The Hall–Kier alpha value is -4.53. The van der Waals surface area contributed by atoms with E-state index in [0.717, 1.165) is 23.8 Å². The second kappa shape index (κ2) is 19.2. The largest absolute Gasteiger partial charge is 0.322 e. The molecule has 3 aromatic rings. The van der Waals surface area contributed by atoms with Gasteiger partial charge in [0.1, 0.15) is 0 Å². The maximum absolute atomic E-state index is 11.8. The molecule has 3 aromatic carbocycles. The van der Waals surface area contributed by atoms with Crippen LogP contribution in [0.1, 0.15) is 15.9 Å². The van der Waals surface area contributed by atoms with Crippen molar-refractivity contribution in [2.75, 3.05) is 0 Å². The third-order valence-electron chi connectivity index (χ3n) is 2.99. The van der Waals surface area contributed by atoms with Crippen molar-refractivity contribution < 1.29 is 4.79 Å². The first-order valence-electron chi connectivity index (χ1n) is 8.52. The van der Waals surface area contributed by atoms with E-state index in [1.165, 1.54) is 0 Å². The lowest BCUT2D eigenvalue weighted by atomic mass is 10.0. The van der Waals surface area contributed by atoms with Gasteiger partial charge < -0.3 is 11.7 Å². The van der Waals surface area contributed by atoms with Crippen LogP contribution in [0.25, 0.3) is 0 Å². The molecule has 0 bridgehead atoms. The van der Waals surface area contributed by atoms with Crippen molar-refractivity contribution in [3.05, 3.63) is 108 Å². The van der Waals surface area contributed by atoms with E-state index in [0.29, 0.717) is 0 Å². The fourth-order valence-corrected chi connectivity index (χ4v) is 1.80. The SMILES string of the molecule is N=NC=NN.N=NC=NN.O=C(c1ccccc1)c1ccccc1.c1ccccc1. The topological polar surface area (TPSA) is 166 Å². The average molecular weight is 404 g/mol. The minimum absolute atomic E-state index is 0.0752. The summed E-state index contributed by atoms with van der Waals surface area (Å²) in [7, 11) is 0. The molecule has 9 heteroatoms. The zero-order valence-electron chi connectivity index (χ0n) is 16.2. The van der Waals surface area contributed by atoms with E-state index in [1.54, 1.807) is 0 Å². The molecule has 0 atom stereocenters. The van der Waals surface area contributed by atoms with Gasteiger partial charge in [0.05, 0.1) is 0 Å². The summed E-state index contributed by atoms with van der Waals surface area (Å²) in [5.74, 6) is 9.06. The van der Waals surface area contributed by atoms with Crippen LogP contribution >= 0.6 is 0 Å². The summed E-state index contributed by atoms with van der Waals surface area (Å²) < 4.78 is 0. The monoisotopic (exact) mass is 404 g/mol. The van der Waals surface area contributed by atoms with Gasteiger partial charge in [-0.15, -0.1) is 10.2 Å². The van der Waals surface area contributed by atoms with E-state index < -0.39 is 0 Å². The summed E-state index contributed by atoms with van der Waals surface area (Å²) in [5, 5.41) is 11.1. The van der Waals surface area contributed by atoms with Crippen molar-refractivity contribution in [2.45, 2.75) is 0 Å². The number of hydrazone groups is 2. The molecule has 0 fully saturated rings. The van der Waals surface area contributed by atoms with Gasteiger partial charge in [-0.25, -0.2) is 11.1 Å². The van der Waals surface area contributed by atoms with Crippen LogP contribution in [0.2, 0.25) is 0 Å². The van der Waals surface area contributed by atoms with E-state index in [9.17, 15) is 4.79 Å². The fourth-order valence-electron chi connectivity index (χ4n) is 1.80. The van der Waals surface area contributed by atoms with Crippen molar-refractivity contribution in [3.63, 3.8) is 0 Å². The third-order valence-corrected chi connectivity index (χ3v) is 2.99. The molecule has 30 heavy (non-hydrogen) atoms. The van der Waals surface area contributed by atoms with Gasteiger partial charge in [0, 0.05) is 11.1 Å². The zero-order valence-corrected chi connectivity index (χ0v) is 16.2. The fraction of sp³-hybridized carbons (Fsp3) is 0. The maximum Gasteiger partial charge on any atom is 0.193 e. The minimum Gasteiger partial charge on any atom is -0.322 e. The van der Waals surface area contributed by atoms with E-state index in [2.05, 4.69) is 32.1 Å². The number of rotatable bonds is 4. The van der Waals surface area contributed by atoms with Gasteiger partial charge in [-0.1, -0.05) is 97.1 Å². The molecule has 0 radical (unpaired) electrons. The average Bonchev–Trinajstić information content (AvgIpc) is 2.83. The molecule has 0 spiro atoms. The highest BCUT2D eigenvalue weighted by molar-refractivity contribution is 6.08. The number of benzene rings is 3. The third kappa shape index (κ3) is 13.6. The molecule has 0 amide bonds. The second-order valence-electron chi connectivity index (χ2n) is 5.00. The van der Waals surface area contributed by atoms with Crippen LogP contribution in [0.5, 0.6) is 0 Å². The van der Waals surface area contributed by atoms with Crippen LogP contribution < -0.4 is 11.7 Å². The number of hydrogen-bond donors (Lipinski definition) is 4. The van der Waals surface area contributed by atoms with Gasteiger partial charge in [0.15, 0.2) is 18.5 Å². The highest BCUT2D eigenvalue weighted by Gasteiger charge is 2.06. The quantitative estimate of drug-likeness (QED) is 0.126. The number of nitrogens with two attached hydrogens (primary N) is 2. The predicted octanol–water partition coefficient (Wildman–Crippen LogP) is 4.44. The van der Waals surface area contributed by atoms with Crippen molar-refractivity contribution in [1.29, 1.82) is 11.1 Å². The molecule has 0 heterocycles. The van der Waals surface area contributed by atoms with Gasteiger partial charge in [-0.05, 0) is 0 Å². The van der Waals surface area contributed by atoms with Crippen LogP contribution in [-0.4, -0.2) is 18.5 Å². The van der Waals surface area contributed by atoms with E-state index >= 15 is 0 Å². The van der Waals surface area contributed by atoms with Gasteiger partial charge in [0.25, 0.3) is 0 Å². The van der Waals surface area contributed by atoms with E-state index in [-0.39, 0.29) is 5.78 Å². The van der Waals surface area contributed by atoms with Crippen LogP contribution in [0, 0.1) is 11.1 Å². The summed E-state index contributed by atoms with van der Waals surface area (Å²) in [6, 6.07) is 30.6. The highest BCUT2D eigenvalue weighted by Crippen LogP contribution is 2.08. The first kappa shape index (κ1) is 25.5. The Bertz CT molecular complexity index is 785. The van der Waals surface area contributed by atoms with Crippen molar-refractivity contribution in [1.82, 2.24) is 0 Å². The Morgan fingerprint density at radius 1 is 0.600 bits per heavy atom. The number of carbonyl (C=O) groups is 1. The smallest absolute Gasteiger partial charge is 0.193 e. The van der Waals surface area contributed by atoms with Crippen LogP contribution in [0.4, 0.5) is 0 Å². The van der Waals surface area contributed by atoms with Gasteiger partial charge in [-0.2, -0.15) is 10.2 Å². The Kier molecular flexibility index (Phi) is 16.3. The lowest BCUT2D eigenvalue weighted by Gasteiger charge is -1.99. The van der Waals surface area contributed by atoms with Crippen LogP contribution in [-0.2, 0) is 0 Å². The Morgan fingerprint density at radius 3 is 1.07 bits per heavy atom. The number of hydrogen-bond acceptors (Lipinski definition) is 7. The van der Waals surface area contributed by atoms with E-state index in [4.69, 9.17) is 11.1 Å². The number of ketones is 1. The van der Waals surface area contributed by atoms with Crippen molar-refractivity contribution in [3.8, 4) is 0 Å². The lowest BCUT2D eigenvalue weighted by molar-refractivity contribution is 0.103. The summed E-state index contributed by atoms with van der Waals surface area (Å²) in [5.41, 5.74) is 13.5. The molecule has 0 saturated heterocycles. The summed E-state index contributed by atoms with van der Waals surface area (Å²) in [6.45, 7) is 0. The molecule has 3 rings (SSSR count). The van der Waals surface area contributed by atoms with Gasteiger partial charge in [-0.3, -0.25) is 4.79 Å². The van der Waals surface area contributed by atoms with Crippen LogP contribution in [0.3, 0.4) is 0 Å². The Morgan fingerprint density at radius 2 is 0.867 bits per heavy atom. The molecule has 154 valence electrons. The molecule has 9 nitrogen and oxygen atoms in total. The van der Waals surface area contributed by atoms with Gasteiger partial charge in [0.2, 0.25) is 0 Å². The number of carbonyl (C=O) groups excluding carboxylic acids is 1. The number of nitrogens with one attached hydrogen (secondary N) is 2.